The van der Waals surface area contributed by atoms with Crippen molar-refractivity contribution < 1.29 is 14.6 Å². The van der Waals surface area contributed by atoms with Crippen LogP contribution in [-0.2, 0) is 4.79 Å². The van der Waals surface area contributed by atoms with Gasteiger partial charge >= 0.3 is 0 Å². The van der Waals surface area contributed by atoms with Gasteiger partial charge in [-0.1, -0.05) is 12.1 Å². The Bertz CT molecular complexity index is 1310. The van der Waals surface area contributed by atoms with Crippen molar-refractivity contribution in [1.82, 2.24) is 19.6 Å². The summed E-state index contributed by atoms with van der Waals surface area (Å²) >= 11 is 0. The molecule has 3 aromatic heterocycles. The zero-order chi connectivity index (χ0) is 25.0. The molecule has 9 nitrogen and oxygen atoms in total. The number of benzene rings is 1. The fourth-order valence-electron chi connectivity index (χ4n) is 3.85. The highest BCUT2D eigenvalue weighted by atomic mass is 16.5. The van der Waals surface area contributed by atoms with Gasteiger partial charge in [-0.05, 0) is 68.9 Å². The number of nitrogens with one attached hydrogen (secondary N) is 1. The summed E-state index contributed by atoms with van der Waals surface area (Å²) in [5.74, 6) is 1.72. The van der Waals surface area contributed by atoms with Crippen LogP contribution in [0.25, 0.3) is 16.9 Å². The van der Waals surface area contributed by atoms with Crippen LogP contribution in [0, 0.1) is 6.92 Å². The van der Waals surface area contributed by atoms with Crippen molar-refractivity contribution in [2.75, 3.05) is 11.9 Å². The number of pyridine rings is 1. The normalized spacial score (nSPS) is 13.1. The first-order valence-electron chi connectivity index (χ1n) is 11.5. The Kier molecular flexibility index (Phi) is 6.97. The van der Waals surface area contributed by atoms with Crippen LogP contribution < -0.4 is 15.8 Å². The first kappa shape index (κ1) is 24.2. The van der Waals surface area contributed by atoms with E-state index in [9.17, 15) is 5.11 Å². The molecule has 0 aliphatic heterocycles. The lowest BCUT2D eigenvalue weighted by Crippen LogP contribution is -2.29. The second kappa shape index (κ2) is 10.1. The Labute approximate surface area is 204 Å². The number of aliphatic hydroxyl groups is 1. The Hall–Kier alpha value is -3.98. The summed E-state index contributed by atoms with van der Waals surface area (Å²) in [6.45, 7) is 6.04. The summed E-state index contributed by atoms with van der Waals surface area (Å²) in [6.07, 6.45) is 7.98. The Balaban J connectivity index is 0.000000917. The fraction of sp³-hybridized carbons (Fsp3) is 0.308. The van der Waals surface area contributed by atoms with Gasteiger partial charge in [0.25, 0.3) is 0 Å². The number of nitrogens with two attached hydrogens (primary N) is 1. The van der Waals surface area contributed by atoms with Gasteiger partial charge in [-0.3, -0.25) is 9.78 Å². The van der Waals surface area contributed by atoms with Crippen molar-refractivity contribution in [3.63, 3.8) is 0 Å². The lowest BCUT2D eigenvalue weighted by molar-refractivity contribution is -0.106. The number of aromatic nitrogens is 4. The van der Waals surface area contributed by atoms with Crippen LogP contribution in [0.3, 0.4) is 0 Å². The molecule has 0 spiro atoms. The number of imidazole rings is 1. The van der Waals surface area contributed by atoms with Gasteiger partial charge in [-0.2, -0.15) is 0 Å². The topological polar surface area (TPSA) is 128 Å². The van der Waals surface area contributed by atoms with E-state index in [-0.39, 0.29) is 6.41 Å². The molecule has 3 heterocycles. The number of aryl methyl sites for hydroxylation is 1. The van der Waals surface area contributed by atoms with E-state index in [1.54, 1.807) is 36.8 Å². The molecule has 35 heavy (non-hydrogen) atoms. The van der Waals surface area contributed by atoms with Crippen LogP contribution in [0.5, 0.6) is 11.6 Å². The molecule has 4 N–H and O–H groups in total. The third kappa shape index (κ3) is 5.93. The molecule has 1 aromatic carbocycles. The first-order chi connectivity index (χ1) is 16.8. The zero-order valence-electron chi connectivity index (χ0n) is 20.1. The predicted molar refractivity (Wildman–Crippen MR) is 134 cm³/mol. The molecule has 1 fully saturated rings. The lowest BCUT2D eigenvalue weighted by atomic mass is 10.0. The van der Waals surface area contributed by atoms with E-state index < -0.39 is 5.60 Å². The standard InChI is InChI=1S/C25H27N5O2.CH3NO/c1-16-11-18(8-9-20(16)17-6-7-17)22-14-27-24-21(28-15-25(2,3)31)12-23(29-30(22)24)32-19-5-4-10-26-13-19;2-1-3/h4-5,8-14,17,28,31H,6-7,15H2,1-3H3;1H,(H2,2,3). The maximum atomic E-state index is 10.2. The van der Waals surface area contributed by atoms with E-state index in [0.29, 0.717) is 29.7 Å². The SMILES string of the molecule is Cc1cc(-c2cnc3c(NCC(C)(C)O)cc(Oc4cccnc4)nn23)ccc1C1CC1.NC=O. The van der Waals surface area contributed by atoms with Gasteiger partial charge < -0.3 is 20.9 Å². The van der Waals surface area contributed by atoms with Crippen LogP contribution in [0.1, 0.15) is 43.7 Å². The van der Waals surface area contributed by atoms with Crippen LogP contribution in [0.2, 0.25) is 0 Å². The van der Waals surface area contributed by atoms with Gasteiger partial charge in [0.05, 0.1) is 29.4 Å². The molecule has 0 bridgehead atoms. The second-order valence-corrected chi connectivity index (χ2v) is 9.21. The van der Waals surface area contributed by atoms with Crippen LogP contribution in [0.15, 0.2) is 55.0 Å². The summed E-state index contributed by atoms with van der Waals surface area (Å²) in [5, 5.41) is 18.2. The average molecular weight is 475 g/mol. The van der Waals surface area contributed by atoms with E-state index in [4.69, 9.17) is 14.6 Å². The van der Waals surface area contributed by atoms with Crippen LogP contribution in [0.4, 0.5) is 5.69 Å². The Morgan fingerprint density at radius 1 is 1.26 bits per heavy atom. The molecule has 182 valence electrons. The van der Waals surface area contributed by atoms with Crippen molar-refractivity contribution in [2.24, 2.45) is 5.73 Å². The number of hydrogen-bond donors (Lipinski definition) is 3. The third-order valence-electron chi connectivity index (χ3n) is 5.60. The predicted octanol–water partition coefficient (Wildman–Crippen LogP) is 4.05. The summed E-state index contributed by atoms with van der Waals surface area (Å²) < 4.78 is 7.77. The summed E-state index contributed by atoms with van der Waals surface area (Å²) in [6, 6.07) is 12.0. The quantitative estimate of drug-likeness (QED) is 0.345. The van der Waals surface area contributed by atoms with Crippen molar-refractivity contribution >= 4 is 17.7 Å². The van der Waals surface area contributed by atoms with E-state index in [1.807, 2.05) is 18.3 Å². The van der Waals surface area contributed by atoms with Crippen molar-refractivity contribution in [2.45, 2.75) is 45.1 Å². The van der Waals surface area contributed by atoms with Gasteiger partial charge in [0, 0.05) is 24.4 Å². The molecule has 0 atom stereocenters. The van der Waals surface area contributed by atoms with Gasteiger partial charge in [0.1, 0.15) is 5.75 Å². The Morgan fingerprint density at radius 2 is 2.03 bits per heavy atom. The highest BCUT2D eigenvalue weighted by Gasteiger charge is 2.25. The third-order valence-corrected chi connectivity index (χ3v) is 5.60. The van der Waals surface area contributed by atoms with Crippen LogP contribution >= 0.6 is 0 Å². The molecule has 1 aliphatic rings. The molecule has 4 aromatic rings. The summed E-state index contributed by atoms with van der Waals surface area (Å²) in [5.41, 5.74) is 9.36. The molecule has 0 radical (unpaired) electrons. The molecular weight excluding hydrogens is 444 g/mol. The Morgan fingerprint density at radius 3 is 2.66 bits per heavy atom. The van der Waals surface area contributed by atoms with E-state index in [1.165, 1.54) is 24.0 Å². The molecular formula is C26H30N6O3. The minimum atomic E-state index is -0.879. The largest absolute Gasteiger partial charge is 0.436 e. The smallest absolute Gasteiger partial charge is 0.239 e. The monoisotopic (exact) mass is 474 g/mol. The average Bonchev–Trinajstić information content (AvgIpc) is 3.57. The number of amides is 1. The van der Waals surface area contributed by atoms with Crippen LogP contribution in [-0.4, -0.2) is 43.2 Å². The van der Waals surface area contributed by atoms with E-state index in [2.05, 4.69) is 46.1 Å². The minimum Gasteiger partial charge on any atom is -0.436 e. The number of anilines is 1. The summed E-state index contributed by atoms with van der Waals surface area (Å²) in [7, 11) is 0. The molecule has 1 saturated carbocycles. The highest BCUT2D eigenvalue weighted by molar-refractivity contribution is 5.74. The van der Waals surface area contributed by atoms with Gasteiger partial charge in [0.2, 0.25) is 12.3 Å². The maximum absolute atomic E-state index is 10.2. The number of carbonyl (C=O) groups excluding carboxylic acids is 1. The lowest BCUT2D eigenvalue weighted by Gasteiger charge is -2.19. The number of nitrogens with zero attached hydrogens (tertiary/aromatic N) is 4. The van der Waals surface area contributed by atoms with Crippen molar-refractivity contribution in [3.8, 4) is 22.9 Å². The second-order valence-electron chi connectivity index (χ2n) is 9.21. The number of rotatable bonds is 7. The molecule has 1 amide bonds. The number of carbonyl (C=O) groups is 1. The summed E-state index contributed by atoms with van der Waals surface area (Å²) in [4.78, 5) is 17.3. The molecule has 1 aliphatic carbocycles. The van der Waals surface area contributed by atoms with Gasteiger partial charge in [-0.15, -0.1) is 5.10 Å². The molecule has 5 rings (SSSR count). The maximum Gasteiger partial charge on any atom is 0.239 e. The molecule has 0 saturated heterocycles. The number of primary amides is 1. The molecule has 9 heteroatoms. The fourth-order valence-corrected chi connectivity index (χ4v) is 3.85. The molecule has 0 unspecified atom stereocenters. The number of hydrogen-bond acceptors (Lipinski definition) is 7. The number of fused-ring (bicyclic) bond motifs is 1. The van der Waals surface area contributed by atoms with E-state index >= 15 is 0 Å². The van der Waals surface area contributed by atoms with Gasteiger partial charge in [0.15, 0.2) is 5.65 Å². The van der Waals surface area contributed by atoms with Crippen molar-refractivity contribution in [3.05, 3.63) is 66.1 Å². The minimum absolute atomic E-state index is 0.250. The highest BCUT2D eigenvalue weighted by Crippen LogP contribution is 2.42. The van der Waals surface area contributed by atoms with Crippen molar-refractivity contribution in [1.29, 1.82) is 0 Å². The zero-order valence-corrected chi connectivity index (χ0v) is 20.1. The number of ether oxygens (including phenoxy) is 1. The first-order valence-corrected chi connectivity index (χ1v) is 11.5. The van der Waals surface area contributed by atoms with Gasteiger partial charge in [-0.25, -0.2) is 9.50 Å². The van der Waals surface area contributed by atoms with E-state index in [0.717, 1.165) is 16.9 Å².